The fourth-order valence-electron chi connectivity index (χ4n) is 3.82. The van der Waals surface area contributed by atoms with Crippen molar-refractivity contribution >= 4 is 22.2 Å². The van der Waals surface area contributed by atoms with Gasteiger partial charge in [0.2, 0.25) is 0 Å². The number of pyridine rings is 1. The number of aromatic nitrogens is 3. The molecule has 0 spiro atoms. The van der Waals surface area contributed by atoms with Gasteiger partial charge < -0.3 is 18.8 Å². The molecule has 0 aliphatic carbocycles. The largest absolute Gasteiger partial charge is 0.609 e. The number of para-hydroxylation sites is 2. The maximum Gasteiger partial charge on any atom is 0.322 e. The van der Waals surface area contributed by atoms with Gasteiger partial charge in [-0.3, -0.25) is 9.97 Å². The van der Waals surface area contributed by atoms with Gasteiger partial charge in [-0.25, -0.2) is 0 Å². The third kappa shape index (κ3) is 5.20. The average Bonchev–Trinajstić information content (AvgIpc) is 3.22. The minimum absolute atomic E-state index is 0.273. The molecule has 1 N–H and O–H groups in total. The summed E-state index contributed by atoms with van der Waals surface area (Å²) < 4.78 is 30.9. The van der Waals surface area contributed by atoms with Crippen molar-refractivity contribution in [2.45, 2.75) is 56.2 Å². The molecule has 31 heavy (non-hydrogen) atoms. The third-order valence-corrected chi connectivity index (χ3v) is 6.66. The Kier molecular flexibility index (Phi) is 7.12. The lowest BCUT2D eigenvalue weighted by molar-refractivity contribution is -0.275. The Morgan fingerprint density at radius 1 is 1.19 bits per heavy atom. The van der Waals surface area contributed by atoms with Gasteiger partial charge in [-0.1, -0.05) is 25.5 Å². The van der Waals surface area contributed by atoms with E-state index < -0.39 is 17.0 Å². The van der Waals surface area contributed by atoms with E-state index >= 15 is 0 Å². The van der Waals surface area contributed by atoms with Crippen LogP contribution in [0.2, 0.25) is 0 Å². The number of fused-ring (bicyclic) bond motifs is 1. The van der Waals surface area contributed by atoms with Crippen molar-refractivity contribution in [3.8, 4) is 5.75 Å². The highest BCUT2D eigenvalue weighted by Crippen LogP contribution is 2.29. The Balaban J connectivity index is 1.40. The molecule has 2 aromatic heterocycles. The Bertz CT molecular complexity index is 965. The second-order valence-electron chi connectivity index (χ2n) is 7.74. The first-order valence-corrected chi connectivity index (χ1v) is 12.1. The zero-order chi connectivity index (χ0) is 21.7. The molecule has 4 rings (SSSR count). The summed E-state index contributed by atoms with van der Waals surface area (Å²) in [6, 6.07) is 9.50. The maximum absolute atomic E-state index is 12.9. The van der Waals surface area contributed by atoms with Gasteiger partial charge in [0.05, 0.1) is 36.5 Å². The van der Waals surface area contributed by atoms with Gasteiger partial charge in [0.1, 0.15) is 5.75 Å². The quantitative estimate of drug-likeness (QED) is 0.496. The Hall–Kier alpha value is -2.13. The second kappa shape index (κ2) is 9.99. The van der Waals surface area contributed by atoms with Crippen molar-refractivity contribution in [2.75, 3.05) is 19.8 Å². The van der Waals surface area contributed by atoms with Gasteiger partial charge in [-0.15, -0.1) is 0 Å². The van der Waals surface area contributed by atoms with E-state index in [-0.39, 0.29) is 5.75 Å². The van der Waals surface area contributed by atoms with Crippen molar-refractivity contribution in [2.24, 2.45) is 0 Å². The van der Waals surface area contributed by atoms with Gasteiger partial charge in [0, 0.05) is 35.8 Å². The van der Waals surface area contributed by atoms with Crippen molar-refractivity contribution in [1.29, 1.82) is 0 Å². The Morgan fingerprint density at radius 3 is 2.77 bits per heavy atom. The van der Waals surface area contributed by atoms with Gasteiger partial charge in [-0.2, -0.15) is 4.98 Å². The van der Waals surface area contributed by atoms with Gasteiger partial charge in [0.25, 0.3) is 0 Å². The fraction of sp³-hybridized carbons (Fsp3) is 0.478. The first-order valence-electron chi connectivity index (χ1n) is 10.8. The van der Waals surface area contributed by atoms with Crippen molar-refractivity contribution in [1.82, 2.24) is 15.0 Å². The van der Waals surface area contributed by atoms with Crippen LogP contribution in [0.5, 0.6) is 5.75 Å². The zero-order valence-corrected chi connectivity index (χ0v) is 18.9. The van der Waals surface area contributed by atoms with E-state index in [1.54, 1.807) is 6.20 Å². The van der Waals surface area contributed by atoms with Crippen LogP contribution in [0, 0.1) is 6.92 Å². The SMILES string of the molecule is CCCC1(CCOc2ccnc(C[S+]([O-])c3nc4ccccc4[nH]3)c2C)OCCCO1. The van der Waals surface area contributed by atoms with Crippen LogP contribution in [-0.2, 0) is 26.4 Å². The minimum Gasteiger partial charge on any atom is -0.609 e. The number of ether oxygens (including phenoxy) is 3. The van der Waals surface area contributed by atoms with E-state index in [1.807, 2.05) is 37.3 Å². The molecule has 1 aliphatic rings. The topological polar surface area (TPSA) is 92.3 Å². The van der Waals surface area contributed by atoms with E-state index in [1.165, 1.54) is 0 Å². The summed E-state index contributed by atoms with van der Waals surface area (Å²) in [6.45, 7) is 6.02. The van der Waals surface area contributed by atoms with Crippen molar-refractivity contribution in [3.63, 3.8) is 0 Å². The number of rotatable bonds is 9. The molecule has 1 aromatic carbocycles. The predicted octanol–water partition coefficient (Wildman–Crippen LogP) is 4.28. The van der Waals surface area contributed by atoms with E-state index in [0.29, 0.717) is 18.2 Å². The summed E-state index contributed by atoms with van der Waals surface area (Å²) in [5.74, 6) is 0.475. The van der Waals surface area contributed by atoms with Crippen LogP contribution in [0.15, 0.2) is 41.7 Å². The molecule has 0 amide bonds. The number of hydrogen-bond acceptors (Lipinski definition) is 6. The molecule has 3 aromatic rings. The first-order chi connectivity index (χ1) is 15.1. The number of H-pyrrole nitrogens is 1. The molecule has 0 saturated carbocycles. The molecular weight excluding hydrogens is 414 g/mol. The van der Waals surface area contributed by atoms with E-state index in [2.05, 4.69) is 21.9 Å². The van der Waals surface area contributed by atoms with Crippen LogP contribution in [0.3, 0.4) is 0 Å². The smallest absolute Gasteiger partial charge is 0.322 e. The molecule has 1 fully saturated rings. The van der Waals surface area contributed by atoms with Crippen LogP contribution in [0.1, 0.15) is 43.9 Å². The summed E-state index contributed by atoms with van der Waals surface area (Å²) in [6.07, 6.45) is 5.15. The summed E-state index contributed by atoms with van der Waals surface area (Å²) in [5.41, 5.74) is 3.31. The highest BCUT2D eigenvalue weighted by molar-refractivity contribution is 7.90. The van der Waals surface area contributed by atoms with Crippen LogP contribution >= 0.6 is 0 Å². The number of nitrogens with zero attached hydrogens (tertiary/aromatic N) is 2. The molecule has 1 aliphatic heterocycles. The highest BCUT2D eigenvalue weighted by atomic mass is 32.2. The van der Waals surface area contributed by atoms with Crippen molar-refractivity contribution < 1.29 is 18.8 Å². The molecule has 1 atom stereocenters. The molecule has 0 radical (unpaired) electrons. The molecule has 8 heteroatoms. The van der Waals surface area contributed by atoms with E-state index in [0.717, 1.165) is 60.5 Å². The monoisotopic (exact) mass is 443 g/mol. The molecule has 1 unspecified atom stereocenters. The normalized spacial score (nSPS) is 17.0. The summed E-state index contributed by atoms with van der Waals surface area (Å²) in [5, 5.41) is 0.460. The standard InChI is InChI=1S/C23H29N3O4S/c1-3-10-23(29-13-6-14-30-23)11-15-28-21-9-12-24-20(17(21)2)16-31(27)22-25-18-7-4-5-8-19(18)26-22/h4-5,7-9,12H,3,6,10-11,13-16H2,1-2H3,(H,25,26). The molecule has 3 heterocycles. The predicted molar refractivity (Wildman–Crippen MR) is 119 cm³/mol. The fourth-order valence-corrected chi connectivity index (χ4v) is 4.92. The minimum atomic E-state index is -1.33. The number of hydrogen-bond donors (Lipinski definition) is 1. The number of nitrogens with one attached hydrogen (secondary N) is 1. The summed E-state index contributed by atoms with van der Waals surface area (Å²) >= 11 is -1.33. The number of aromatic amines is 1. The van der Waals surface area contributed by atoms with E-state index in [4.69, 9.17) is 14.2 Å². The summed E-state index contributed by atoms with van der Waals surface area (Å²) in [4.78, 5) is 12.0. The molecule has 7 nitrogen and oxygen atoms in total. The Morgan fingerprint density at radius 2 is 2.00 bits per heavy atom. The maximum atomic E-state index is 12.9. The molecule has 1 saturated heterocycles. The lowest BCUT2D eigenvalue weighted by atomic mass is 10.1. The third-order valence-electron chi connectivity index (χ3n) is 5.50. The summed E-state index contributed by atoms with van der Waals surface area (Å²) in [7, 11) is 0. The van der Waals surface area contributed by atoms with Crippen LogP contribution < -0.4 is 4.74 Å². The number of benzene rings is 1. The van der Waals surface area contributed by atoms with Crippen LogP contribution in [0.4, 0.5) is 0 Å². The highest BCUT2D eigenvalue weighted by Gasteiger charge is 2.33. The van der Waals surface area contributed by atoms with Crippen molar-refractivity contribution in [3.05, 3.63) is 47.8 Å². The van der Waals surface area contributed by atoms with Crippen LogP contribution in [-0.4, -0.2) is 45.1 Å². The number of imidazole rings is 1. The van der Waals surface area contributed by atoms with E-state index in [9.17, 15) is 4.55 Å². The molecular formula is C23H29N3O4S. The lowest BCUT2D eigenvalue weighted by Crippen LogP contribution is -2.41. The molecule has 0 bridgehead atoms. The Labute approximate surface area is 185 Å². The average molecular weight is 444 g/mol. The molecule has 166 valence electrons. The van der Waals surface area contributed by atoms with Crippen LogP contribution in [0.25, 0.3) is 11.0 Å². The second-order valence-corrected chi connectivity index (χ2v) is 9.11. The lowest BCUT2D eigenvalue weighted by Gasteiger charge is -2.37. The van der Waals surface area contributed by atoms with Gasteiger partial charge in [-0.05, 0) is 31.5 Å². The first kappa shape index (κ1) is 22.1. The van der Waals surface area contributed by atoms with Gasteiger partial charge in [0.15, 0.2) is 11.5 Å². The van der Waals surface area contributed by atoms with Gasteiger partial charge >= 0.3 is 5.16 Å². The zero-order valence-electron chi connectivity index (χ0n) is 18.1.